The van der Waals surface area contributed by atoms with Crippen LogP contribution in [-0.4, -0.2) is 109 Å². The molecular formula is C15H34ClNO7. The fraction of sp³-hybridized carbons (Fsp3) is 1.00. The van der Waals surface area contributed by atoms with Crippen LogP contribution in [0.4, 0.5) is 0 Å². The molecule has 0 aliphatic heterocycles. The largest absolute Gasteiger partial charge is 0.394 e. The maximum atomic E-state index is 9.93. The summed E-state index contributed by atoms with van der Waals surface area (Å²) in [5.41, 5.74) is 0. The zero-order valence-electron chi connectivity index (χ0n) is 14.7. The van der Waals surface area contributed by atoms with Gasteiger partial charge < -0.3 is 35.7 Å². The first-order chi connectivity index (χ1) is 11.3. The van der Waals surface area contributed by atoms with Crippen LogP contribution in [-0.2, 0) is 0 Å². The van der Waals surface area contributed by atoms with E-state index in [2.05, 4.69) is 0 Å². The summed E-state index contributed by atoms with van der Waals surface area (Å²) < 4.78 is 0. The SMILES string of the molecule is CC.CCC(O)CN(CC(O)CCl)CC(O)C(O)C(O)C(O)CO. The van der Waals surface area contributed by atoms with Crippen molar-refractivity contribution >= 4 is 11.6 Å². The zero-order chi connectivity index (χ0) is 19.3. The molecule has 0 saturated carbocycles. The number of aliphatic hydroxyl groups excluding tert-OH is 7. The van der Waals surface area contributed by atoms with Crippen LogP contribution >= 0.6 is 11.6 Å². The summed E-state index contributed by atoms with van der Waals surface area (Å²) in [6.45, 7) is 5.08. The molecule has 0 amide bonds. The summed E-state index contributed by atoms with van der Waals surface area (Å²) >= 11 is 5.52. The molecule has 6 unspecified atom stereocenters. The van der Waals surface area contributed by atoms with Gasteiger partial charge in [0, 0.05) is 25.5 Å². The van der Waals surface area contributed by atoms with Gasteiger partial charge >= 0.3 is 0 Å². The van der Waals surface area contributed by atoms with Crippen molar-refractivity contribution in [2.45, 2.75) is 63.8 Å². The third-order valence-electron chi connectivity index (χ3n) is 3.36. The second-order valence-corrected chi connectivity index (χ2v) is 5.70. The lowest BCUT2D eigenvalue weighted by Crippen LogP contribution is -2.51. The van der Waals surface area contributed by atoms with Gasteiger partial charge in [-0.25, -0.2) is 0 Å². The van der Waals surface area contributed by atoms with Crippen LogP contribution < -0.4 is 0 Å². The van der Waals surface area contributed by atoms with Gasteiger partial charge in [0.2, 0.25) is 0 Å². The zero-order valence-corrected chi connectivity index (χ0v) is 15.4. The normalized spacial score (nSPS) is 19.0. The molecule has 9 heteroatoms. The van der Waals surface area contributed by atoms with E-state index < -0.39 is 43.2 Å². The van der Waals surface area contributed by atoms with Gasteiger partial charge in [0.25, 0.3) is 0 Å². The van der Waals surface area contributed by atoms with Crippen molar-refractivity contribution < 1.29 is 35.7 Å². The van der Waals surface area contributed by atoms with Crippen LogP contribution in [0.3, 0.4) is 0 Å². The highest BCUT2D eigenvalue weighted by molar-refractivity contribution is 6.18. The van der Waals surface area contributed by atoms with Crippen molar-refractivity contribution in [3.05, 3.63) is 0 Å². The van der Waals surface area contributed by atoms with Crippen molar-refractivity contribution in [3.8, 4) is 0 Å². The molecule has 8 nitrogen and oxygen atoms in total. The molecule has 6 atom stereocenters. The molecule has 0 fully saturated rings. The van der Waals surface area contributed by atoms with E-state index in [9.17, 15) is 30.6 Å². The second kappa shape index (κ2) is 15.2. The molecule has 0 aromatic heterocycles. The molecule has 7 N–H and O–H groups in total. The van der Waals surface area contributed by atoms with Gasteiger partial charge in [-0.1, -0.05) is 20.8 Å². The van der Waals surface area contributed by atoms with E-state index in [4.69, 9.17) is 16.7 Å². The van der Waals surface area contributed by atoms with Crippen LogP contribution in [0.1, 0.15) is 27.2 Å². The molecule has 0 aliphatic rings. The number of alkyl halides is 1. The molecule has 0 aliphatic carbocycles. The second-order valence-electron chi connectivity index (χ2n) is 5.39. The highest BCUT2D eigenvalue weighted by Crippen LogP contribution is 2.09. The predicted molar refractivity (Wildman–Crippen MR) is 91.9 cm³/mol. The van der Waals surface area contributed by atoms with E-state index in [1.54, 1.807) is 6.92 Å². The van der Waals surface area contributed by atoms with Gasteiger partial charge in [-0.3, -0.25) is 4.90 Å². The van der Waals surface area contributed by atoms with Crippen LogP contribution in [0.25, 0.3) is 0 Å². The molecule has 0 heterocycles. The van der Waals surface area contributed by atoms with Crippen LogP contribution in [0.5, 0.6) is 0 Å². The van der Waals surface area contributed by atoms with Gasteiger partial charge in [0.05, 0.1) is 24.9 Å². The molecule has 0 aromatic rings. The molecule has 0 rings (SSSR count). The van der Waals surface area contributed by atoms with E-state index >= 15 is 0 Å². The first-order valence-electron chi connectivity index (χ1n) is 8.24. The topological polar surface area (TPSA) is 145 Å². The summed E-state index contributed by atoms with van der Waals surface area (Å²) in [5, 5.41) is 66.5. The van der Waals surface area contributed by atoms with E-state index in [-0.39, 0.29) is 25.5 Å². The van der Waals surface area contributed by atoms with Crippen LogP contribution in [0.2, 0.25) is 0 Å². The Hall–Kier alpha value is -0.0300. The Morgan fingerprint density at radius 3 is 1.67 bits per heavy atom. The molecule has 0 radical (unpaired) electrons. The average molecular weight is 376 g/mol. The third-order valence-corrected chi connectivity index (χ3v) is 3.71. The van der Waals surface area contributed by atoms with Crippen LogP contribution in [0, 0.1) is 0 Å². The minimum Gasteiger partial charge on any atom is -0.394 e. The predicted octanol–water partition coefficient (Wildman–Crippen LogP) is -1.88. The Morgan fingerprint density at radius 2 is 1.25 bits per heavy atom. The number of rotatable bonds is 12. The average Bonchev–Trinajstić information content (AvgIpc) is 2.60. The van der Waals surface area contributed by atoms with Crippen molar-refractivity contribution in [2.75, 3.05) is 32.1 Å². The summed E-state index contributed by atoms with van der Waals surface area (Å²) in [4.78, 5) is 1.51. The number of nitrogens with zero attached hydrogens (tertiary/aromatic N) is 1. The Labute approximate surface area is 148 Å². The first-order valence-corrected chi connectivity index (χ1v) is 8.77. The fourth-order valence-corrected chi connectivity index (χ4v) is 2.03. The van der Waals surface area contributed by atoms with E-state index in [1.807, 2.05) is 13.8 Å². The number of aliphatic hydroxyl groups is 7. The van der Waals surface area contributed by atoms with Gasteiger partial charge in [-0.15, -0.1) is 11.6 Å². The quantitative estimate of drug-likeness (QED) is 0.196. The van der Waals surface area contributed by atoms with E-state index in [0.717, 1.165) is 0 Å². The van der Waals surface area contributed by atoms with Crippen molar-refractivity contribution in [2.24, 2.45) is 0 Å². The minimum absolute atomic E-state index is 0.0246. The Morgan fingerprint density at radius 1 is 0.792 bits per heavy atom. The molecule has 24 heavy (non-hydrogen) atoms. The first kappa shape index (κ1) is 26.2. The van der Waals surface area contributed by atoms with E-state index in [0.29, 0.717) is 6.42 Å². The maximum absolute atomic E-state index is 9.93. The fourth-order valence-electron chi connectivity index (χ4n) is 1.93. The lowest BCUT2D eigenvalue weighted by atomic mass is 10.0. The minimum atomic E-state index is -1.71. The lowest BCUT2D eigenvalue weighted by molar-refractivity contribution is -0.121. The summed E-state index contributed by atoms with van der Waals surface area (Å²) in [5.74, 6) is -0.0246. The summed E-state index contributed by atoms with van der Waals surface area (Å²) in [6, 6.07) is 0. The Balaban J connectivity index is 0. The standard InChI is InChI=1S/C13H28ClNO7.C2H6/c1-2-8(17)4-15(5-9(18)3-14)6-10(19)12(21)13(22)11(20)7-16;1-2/h8-13,16-22H,2-7H2,1H3;1-2H3. The number of hydrogen-bond donors (Lipinski definition) is 7. The molecule has 0 saturated heterocycles. The molecular weight excluding hydrogens is 342 g/mol. The Bertz CT molecular complexity index is 277. The third kappa shape index (κ3) is 10.8. The van der Waals surface area contributed by atoms with Gasteiger partial charge in [0.15, 0.2) is 0 Å². The monoisotopic (exact) mass is 375 g/mol. The highest BCUT2D eigenvalue weighted by Gasteiger charge is 2.31. The lowest BCUT2D eigenvalue weighted by Gasteiger charge is -2.32. The maximum Gasteiger partial charge on any atom is 0.111 e. The summed E-state index contributed by atoms with van der Waals surface area (Å²) in [7, 11) is 0. The van der Waals surface area contributed by atoms with Crippen molar-refractivity contribution in [1.82, 2.24) is 4.90 Å². The van der Waals surface area contributed by atoms with Crippen molar-refractivity contribution in [1.29, 1.82) is 0 Å². The molecule has 0 spiro atoms. The smallest absolute Gasteiger partial charge is 0.111 e. The molecule has 148 valence electrons. The van der Waals surface area contributed by atoms with Crippen LogP contribution in [0.15, 0.2) is 0 Å². The van der Waals surface area contributed by atoms with Gasteiger partial charge in [-0.05, 0) is 6.42 Å². The number of hydrogen-bond acceptors (Lipinski definition) is 8. The van der Waals surface area contributed by atoms with E-state index in [1.165, 1.54) is 4.90 Å². The molecule has 0 aromatic carbocycles. The van der Waals surface area contributed by atoms with Gasteiger partial charge in [0.1, 0.15) is 18.3 Å². The summed E-state index contributed by atoms with van der Waals surface area (Å²) in [6.07, 6.45) is -7.50. The molecule has 0 bridgehead atoms. The van der Waals surface area contributed by atoms with Crippen molar-refractivity contribution in [3.63, 3.8) is 0 Å². The highest BCUT2D eigenvalue weighted by atomic mass is 35.5. The number of halogens is 1. The Kier molecular flexibility index (Phi) is 16.6. The van der Waals surface area contributed by atoms with Gasteiger partial charge in [-0.2, -0.15) is 0 Å².